The number of hydrogen-bond donors (Lipinski definition) is 2. The molecule has 1 heterocycles. The van der Waals surface area contributed by atoms with Gasteiger partial charge in [0.1, 0.15) is 6.54 Å². The van der Waals surface area contributed by atoms with Gasteiger partial charge in [0, 0.05) is 18.7 Å². The van der Waals surface area contributed by atoms with Crippen LogP contribution >= 0.6 is 0 Å². The molecular formula is C20H20F3N3O5S. The minimum absolute atomic E-state index is 0.00448. The van der Waals surface area contributed by atoms with E-state index in [9.17, 15) is 31.2 Å². The van der Waals surface area contributed by atoms with Crippen molar-refractivity contribution in [3.05, 3.63) is 59.7 Å². The molecule has 0 aromatic heterocycles. The molecular weight excluding hydrogens is 451 g/mol. The molecule has 3 rings (SSSR count). The van der Waals surface area contributed by atoms with Crippen molar-refractivity contribution in [1.29, 1.82) is 0 Å². The summed E-state index contributed by atoms with van der Waals surface area (Å²) >= 11 is 0. The second-order valence-electron chi connectivity index (χ2n) is 6.84. The minimum Gasteiger partial charge on any atom is -0.379 e. The van der Waals surface area contributed by atoms with Crippen LogP contribution in [-0.4, -0.2) is 63.6 Å². The Morgan fingerprint density at radius 1 is 1.00 bits per heavy atom. The predicted octanol–water partition coefficient (Wildman–Crippen LogP) is 2.25. The van der Waals surface area contributed by atoms with Crippen LogP contribution in [0.4, 0.5) is 18.9 Å². The van der Waals surface area contributed by atoms with E-state index in [0.717, 1.165) is 0 Å². The van der Waals surface area contributed by atoms with Gasteiger partial charge < -0.3 is 15.4 Å². The number of ether oxygens (including phenoxy) is 1. The van der Waals surface area contributed by atoms with Crippen molar-refractivity contribution >= 4 is 27.5 Å². The highest BCUT2D eigenvalue weighted by Gasteiger charge is 2.29. The first-order chi connectivity index (χ1) is 15.1. The zero-order valence-electron chi connectivity index (χ0n) is 16.7. The number of alkyl halides is 3. The fraction of sp³-hybridized carbons (Fsp3) is 0.300. The molecule has 0 aliphatic carbocycles. The molecule has 1 fully saturated rings. The number of hydrogen-bond acceptors (Lipinski definition) is 5. The zero-order chi connectivity index (χ0) is 23.4. The molecule has 32 heavy (non-hydrogen) atoms. The molecule has 1 aliphatic heterocycles. The Labute approximate surface area is 182 Å². The quantitative estimate of drug-likeness (QED) is 0.673. The van der Waals surface area contributed by atoms with Crippen LogP contribution in [0.2, 0.25) is 0 Å². The lowest BCUT2D eigenvalue weighted by atomic mass is 10.1. The first kappa shape index (κ1) is 23.7. The highest BCUT2D eigenvalue weighted by Crippen LogP contribution is 2.21. The number of sulfonamides is 1. The van der Waals surface area contributed by atoms with Crippen molar-refractivity contribution in [3.8, 4) is 0 Å². The number of rotatable bonds is 6. The van der Waals surface area contributed by atoms with Crippen molar-refractivity contribution < 1.29 is 35.9 Å². The summed E-state index contributed by atoms with van der Waals surface area (Å²) in [6.07, 6.45) is -4.58. The van der Waals surface area contributed by atoms with E-state index in [-0.39, 0.29) is 48.0 Å². The molecule has 2 amide bonds. The smallest absolute Gasteiger partial charge is 0.379 e. The number of carbonyl (C=O) groups excluding carboxylic acids is 2. The summed E-state index contributed by atoms with van der Waals surface area (Å²) in [5.41, 5.74) is -0.175. The average molecular weight is 471 g/mol. The molecule has 12 heteroatoms. The van der Waals surface area contributed by atoms with Gasteiger partial charge in [-0.2, -0.15) is 17.5 Å². The highest BCUT2D eigenvalue weighted by molar-refractivity contribution is 7.89. The molecule has 0 bridgehead atoms. The molecule has 172 valence electrons. The summed E-state index contributed by atoms with van der Waals surface area (Å²) in [5, 5.41) is 4.20. The standard InChI is InChI=1S/C20H20F3N3O5S/c21-20(22,23)13-24-19(28)16-6-1-2-7-17(16)25-18(27)14-4-3-5-15(12-14)32(29,30)26-8-10-31-11-9-26/h1-7,12H,8-11,13H2,(H,24,28)(H,25,27). The predicted molar refractivity (Wildman–Crippen MR) is 109 cm³/mol. The number of morpholine rings is 1. The van der Waals surface area contributed by atoms with E-state index >= 15 is 0 Å². The molecule has 0 unspecified atom stereocenters. The van der Waals surface area contributed by atoms with E-state index < -0.39 is 34.6 Å². The first-order valence-corrected chi connectivity index (χ1v) is 11.0. The summed E-state index contributed by atoms with van der Waals surface area (Å²) in [5.74, 6) is -1.73. The van der Waals surface area contributed by atoms with Gasteiger partial charge in [0.15, 0.2) is 0 Å². The Kier molecular flexibility index (Phi) is 7.16. The third-order valence-corrected chi connectivity index (χ3v) is 6.47. The molecule has 0 atom stereocenters. The molecule has 1 aliphatic rings. The van der Waals surface area contributed by atoms with E-state index in [0.29, 0.717) is 0 Å². The van der Waals surface area contributed by atoms with Crippen LogP contribution in [0, 0.1) is 0 Å². The van der Waals surface area contributed by atoms with Gasteiger partial charge in [-0.25, -0.2) is 8.42 Å². The number of halogens is 3. The van der Waals surface area contributed by atoms with Crippen LogP contribution in [0.5, 0.6) is 0 Å². The largest absolute Gasteiger partial charge is 0.405 e. The molecule has 1 saturated heterocycles. The Balaban J connectivity index is 1.79. The lowest BCUT2D eigenvalue weighted by Gasteiger charge is -2.26. The van der Waals surface area contributed by atoms with Crippen LogP contribution < -0.4 is 10.6 Å². The topological polar surface area (TPSA) is 105 Å². The van der Waals surface area contributed by atoms with Crippen molar-refractivity contribution in [3.63, 3.8) is 0 Å². The lowest BCUT2D eigenvalue weighted by Crippen LogP contribution is -2.40. The van der Waals surface area contributed by atoms with Gasteiger partial charge in [-0.15, -0.1) is 0 Å². The van der Waals surface area contributed by atoms with E-state index in [1.165, 1.54) is 52.8 Å². The van der Waals surface area contributed by atoms with Crippen LogP contribution in [-0.2, 0) is 14.8 Å². The van der Waals surface area contributed by atoms with Crippen molar-refractivity contribution in [2.24, 2.45) is 0 Å². The van der Waals surface area contributed by atoms with Crippen molar-refractivity contribution in [2.45, 2.75) is 11.1 Å². The third kappa shape index (κ3) is 5.84. The fourth-order valence-electron chi connectivity index (χ4n) is 2.99. The maximum Gasteiger partial charge on any atom is 0.405 e. The van der Waals surface area contributed by atoms with E-state index in [4.69, 9.17) is 4.74 Å². The number of anilines is 1. The number of benzene rings is 2. The summed E-state index contributed by atoms with van der Waals surface area (Å²) in [6.45, 7) is -0.590. The number of nitrogens with one attached hydrogen (secondary N) is 2. The first-order valence-electron chi connectivity index (χ1n) is 9.51. The molecule has 2 aromatic carbocycles. The van der Waals surface area contributed by atoms with Crippen molar-refractivity contribution in [1.82, 2.24) is 9.62 Å². The van der Waals surface area contributed by atoms with E-state index in [2.05, 4.69) is 5.32 Å². The van der Waals surface area contributed by atoms with Gasteiger partial charge in [0.05, 0.1) is 29.4 Å². The number of amides is 2. The monoisotopic (exact) mass is 471 g/mol. The van der Waals surface area contributed by atoms with Crippen LogP contribution in [0.25, 0.3) is 0 Å². The van der Waals surface area contributed by atoms with Crippen LogP contribution in [0.1, 0.15) is 20.7 Å². The van der Waals surface area contributed by atoms with Gasteiger partial charge in [-0.1, -0.05) is 18.2 Å². The summed E-state index contributed by atoms with van der Waals surface area (Å²) in [7, 11) is -3.83. The Morgan fingerprint density at radius 3 is 2.38 bits per heavy atom. The molecule has 2 aromatic rings. The second-order valence-corrected chi connectivity index (χ2v) is 8.78. The van der Waals surface area contributed by atoms with Gasteiger partial charge in [0.25, 0.3) is 11.8 Å². The van der Waals surface area contributed by atoms with Crippen molar-refractivity contribution in [2.75, 3.05) is 38.2 Å². The molecule has 2 N–H and O–H groups in total. The normalized spacial score (nSPS) is 15.2. The minimum atomic E-state index is -4.58. The fourth-order valence-corrected chi connectivity index (χ4v) is 4.45. The molecule has 0 radical (unpaired) electrons. The summed E-state index contributed by atoms with van der Waals surface area (Å²) < 4.78 is 69.2. The van der Waals surface area contributed by atoms with Gasteiger partial charge in [-0.3, -0.25) is 9.59 Å². The zero-order valence-corrected chi connectivity index (χ0v) is 17.5. The Bertz CT molecular complexity index is 1100. The number of carbonyl (C=O) groups is 2. The summed E-state index contributed by atoms with van der Waals surface area (Å²) in [6, 6.07) is 10.9. The van der Waals surface area contributed by atoms with E-state index in [1.54, 1.807) is 5.32 Å². The molecule has 0 saturated carbocycles. The van der Waals surface area contributed by atoms with E-state index in [1.807, 2.05) is 0 Å². The van der Waals surface area contributed by atoms with Gasteiger partial charge in [-0.05, 0) is 30.3 Å². The highest BCUT2D eigenvalue weighted by atomic mass is 32.2. The van der Waals surface area contributed by atoms with Crippen LogP contribution in [0.3, 0.4) is 0 Å². The van der Waals surface area contributed by atoms with Gasteiger partial charge in [0.2, 0.25) is 10.0 Å². The Hall–Kier alpha value is -2.96. The summed E-state index contributed by atoms with van der Waals surface area (Å²) in [4.78, 5) is 24.8. The Morgan fingerprint density at radius 2 is 1.69 bits per heavy atom. The van der Waals surface area contributed by atoms with Crippen LogP contribution in [0.15, 0.2) is 53.4 Å². The molecule has 0 spiro atoms. The van der Waals surface area contributed by atoms with Gasteiger partial charge >= 0.3 is 6.18 Å². The SMILES string of the molecule is O=C(Nc1ccccc1C(=O)NCC(F)(F)F)c1cccc(S(=O)(=O)N2CCOCC2)c1. The number of nitrogens with zero attached hydrogens (tertiary/aromatic N) is 1. The maximum absolute atomic E-state index is 12.8. The number of para-hydroxylation sites is 1. The maximum atomic E-state index is 12.8. The molecule has 8 nitrogen and oxygen atoms in total. The average Bonchev–Trinajstić information content (AvgIpc) is 2.78. The third-order valence-electron chi connectivity index (χ3n) is 4.57. The second kappa shape index (κ2) is 9.67. The lowest BCUT2D eigenvalue weighted by molar-refractivity contribution is -0.123.